The monoisotopic (exact) mass is 413 g/mol. The van der Waals surface area contributed by atoms with Crippen LogP contribution in [0.2, 0.25) is 0 Å². The summed E-state index contributed by atoms with van der Waals surface area (Å²) in [7, 11) is 0. The summed E-state index contributed by atoms with van der Waals surface area (Å²) in [6, 6.07) is 10.3. The molecule has 0 heterocycles. The highest BCUT2D eigenvalue weighted by Gasteiger charge is 2.29. The lowest BCUT2D eigenvalue weighted by atomic mass is 9.78. The number of nitrogens with zero attached hydrogens (tertiary/aromatic N) is 1. The molecular weight excluding hydrogens is 378 g/mol. The van der Waals surface area contributed by atoms with Gasteiger partial charge in [-0.1, -0.05) is 81.5 Å². The molecular formula is C29H35NO. The average molecular weight is 414 g/mol. The summed E-state index contributed by atoms with van der Waals surface area (Å²) in [6.45, 7) is 17.0. The van der Waals surface area contributed by atoms with Gasteiger partial charge in [-0.05, 0) is 62.1 Å². The van der Waals surface area contributed by atoms with Crippen molar-refractivity contribution in [1.82, 2.24) is 0 Å². The van der Waals surface area contributed by atoms with Crippen LogP contribution in [-0.4, -0.2) is 12.3 Å². The lowest BCUT2D eigenvalue weighted by Crippen LogP contribution is -2.23. The molecule has 0 aliphatic heterocycles. The Morgan fingerprint density at radius 2 is 1.65 bits per heavy atom. The van der Waals surface area contributed by atoms with Crippen LogP contribution in [0.4, 0.5) is 5.69 Å². The summed E-state index contributed by atoms with van der Waals surface area (Å²) in [4.78, 5) is 15.5. The van der Waals surface area contributed by atoms with E-state index in [0.717, 1.165) is 53.9 Å². The predicted octanol–water partition coefficient (Wildman–Crippen LogP) is 7.66. The van der Waals surface area contributed by atoms with E-state index in [1.165, 1.54) is 0 Å². The van der Waals surface area contributed by atoms with Gasteiger partial charge in [-0.25, -0.2) is 0 Å². The number of unbranched alkanes of at least 4 members (excludes halogenated alkanes) is 2. The first-order valence-electron chi connectivity index (χ1n) is 11.2. The molecule has 0 radical (unpaired) electrons. The maximum absolute atomic E-state index is 13.3. The Balaban J connectivity index is 2.72. The van der Waals surface area contributed by atoms with Gasteiger partial charge < -0.3 is 4.90 Å². The zero-order valence-electron chi connectivity index (χ0n) is 19.4. The van der Waals surface area contributed by atoms with Crippen molar-refractivity contribution < 1.29 is 4.79 Å². The molecule has 0 amide bonds. The molecule has 2 nitrogen and oxygen atoms in total. The smallest absolute Gasteiger partial charge is 0.193 e. The van der Waals surface area contributed by atoms with Crippen molar-refractivity contribution in [2.24, 2.45) is 0 Å². The number of rotatable bonds is 9. The molecule has 162 valence electrons. The van der Waals surface area contributed by atoms with Crippen molar-refractivity contribution in [3.05, 3.63) is 114 Å². The van der Waals surface area contributed by atoms with Crippen LogP contribution in [0.1, 0.15) is 47.0 Å². The molecule has 1 aromatic carbocycles. The first-order valence-corrected chi connectivity index (χ1v) is 11.2. The maximum Gasteiger partial charge on any atom is 0.193 e. The van der Waals surface area contributed by atoms with Crippen molar-refractivity contribution in [3.8, 4) is 0 Å². The van der Waals surface area contributed by atoms with E-state index in [0.29, 0.717) is 11.1 Å². The Labute approximate surface area is 188 Å². The van der Waals surface area contributed by atoms with E-state index < -0.39 is 0 Å². The van der Waals surface area contributed by atoms with E-state index in [9.17, 15) is 4.79 Å². The lowest BCUT2D eigenvalue weighted by Gasteiger charge is -2.28. The Kier molecular flexibility index (Phi) is 9.27. The quantitative estimate of drug-likeness (QED) is 0.306. The molecule has 0 saturated heterocycles. The van der Waals surface area contributed by atoms with Crippen molar-refractivity contribution in [2.75, 3.05) is 11.4 Å². The van der Waals surface area contributed by atoms with E-state index >= 15 is 0 Å². The number of anilines is 1. The second kappa shape index (κ2) is 11.9. The molecule has 1 aromatic rings. The highest BCUT2D eigenvalue weighted by Crippen LogP contribution is 2.38. The molecule has 0 spiro atoms. The Bertz CT molecular complexity index is 967. The largest absolute Gasteiger partial charge is 0.342 e. The van der Waals surface area contributed by atoms with Crippen LogP contribution >= 0.6 is 0 Å². The maximum atomic E-state index is 13.3. The number of allylic oxidation sites excluding steroid dienone is 11. The second-order valence-corrected chi connectivity index (χ2v) is 7.38. The first kappa shape index (κ1) is 24.1. The zero-order valence-corrected chi connectivity index (χ0v) is 19.4. The summed E-state index contributed by atoms with van der Waals surface area (Å²) in [5.41, 5.74) is 6.41. The fourth-order valence-corrected chi connectivity index (χ4v) is 3.95. The van der Waals surface area contributed by atoms with Gasteiger partial charge in [0.25, 0.3) is 0 Å². The van der Waals surface area contributed by atoms with Crippen LogP contribution in [0.25, 0.3) is 0 Å². The standard InChI is InChI=1S/C29H35NO/c1-7-13-15-20-27-24(9-3)25(10-4)29(31)26(11-5)28(27)21-22(8-2)30(12-6)23-18-16-14-17-19-23/h8-11,14,16-21H,3-4,7,12-13,15H2,1-2,5-6H3/b22-8+,26-11-,27-20-,28-21+. The van der Waals surface area contributed by atoms with Crippen molar-refractivity contribution in [1.29, 1.82) is 0 Å². The number of para-hydroxylation sites is 1. The third kappa shape index (κ3) is 5.32. The summed E-state index contributed by atoms with van der Waals surface area (Å²) in [5, 5.41) is 0. The van der Waals surface area contributed by atoms with E-state index in [1.807, 2.05) is 38.1 Å². The van der Waals surface area contributed by atoms with E-state index in [4.69, 9.17) is 0 Å². The van der Waals surface area contributed by atoms with Crippen molar-refractivity contribution in [2.45, 2.75) is 47.0 Å². The van der Waals surface area contributed by atoms with Gasteiger partial charge in [-0.15, -0.1) is 0 Å². The van der Waals surface area contributed by atoms with Crippen LogP contribution in [0.5, 0.6) is 0 Å². The molecule has 1 aliphatic carbocycles. The average Bonchev–Trinajstić information content (AvgIpc) is 2.80. The molecule has 1 aliphatic rings. The van der Waals surface area contributed by atoms with Gasteiger partial charge in [0.15, 0.2) is 5.78 Å². The highest BCUT2D eigenvalue weighted by molar-refractivity contribution is 6.17. The molecule has 2 rings (SSSR count). The highest BCUT2D eigenvalue weighted by atomic mass is 16.1. The fraction of sp³-hybridized carbons (Fsp3) is 0.276. The number of Topliss-reactive ketones (excluding diaryl/α,β-unsaturated/α-hetero) is 1. The molecule has 0 saturated carbocycles. The lowest BCUT2D eigenvalue weighted by molar-refractivity contribution is -0.111. The zero-order chi connectivity index (χ0) is 22.8. The minimum Gasteiger partial charge on any atom is -0.342 e. The minimum absolute atomic E-state index is 0.00417. The second-order valence-electron chi connectivity index (χ2n) is 7.38. The van der Waals surface area contributed by atoms with Gasteiger partial charge in [-0.2, -0.15) is 0 Å². The van der Waals surface area contributed by atoms with Crippen molar-refractivity contribution in [3.63, 3.8) is 0 Å². The number of ketones is 1. The molecule has 0 aromatic heterocycles. The number of carbonyl (C=O) groups excluding carboxylic acids is 1. The molecule has 31 heavy (non-hydrogen) atoms. The molecule has 2 heteroatoms. The summed E-state index contributed by atoms with van der Waals surface area (Å²) in [6.07, 6.45) is 15.0. The van der Waals surface area contributed by atoms with Gasteiger partial charge in [0, 0.05) is 29.1 Å². The molecule has 0 bridgehead atoms. The van der Waals surface area contributed by atoms with Gasteiger partial charge in [0.05, 0.1) is 0 Å². The number of benzene rings is 1. The van der Waals surface area contributed by atoms with Crippen LogP contribution in [-0.2, 0) is 4.79 Å². The molecule has 0 fully saturated rings. The summed E-state index contributed by atoms with van der Waals surface area (Å²) < 4.78 is 0. The fourth-order valence-electron chi connectivity index (χ4n) is 3.95. The van der Waals surface area contributed by atoms with Crippen LogP contribution < -0.4 is 4.90 Å². The Hall–Kier alpha value is -3.13. The number of carbonyl (C=O) groups is 1. The topological polar surface area (TPSA) is 20.3 Å². The summed E-state index contributed by atoms with van der Waals surface area (Å²) in [5.74, 6) is 0.00417. The molecule has 0 atom stereocenters. The number of likely N-dealkylation sites (N-methyl/N-ethyl adjacent to an activating group) is 1. The van der Waals surface area contributed by atoms with Crippen LogP contribution in [0, 0.1) is 0 Å². The van der Waals surface area contributed by atoms with Crippen LogP contribution in [0.3, 0.4) is 0 Å². The first-order chi connectivity index (χ1) is 15.1. The summed E-state index contributed by atoms with van der Waals surface area (Å²) >= 11 is 0. The van der Waals surface area contributed by atoms with Crippen molar-refractivity contribution >= 4 is 11.5 Å². The Morgan fingerprint density at radius 1 is 0.968 bits per heavy atom. The molecule has 0 N–H and O–H groups in total. The van der Waals surface area contributed by atoms with Gasteiger partial charge in [0.2, 0.25) is 0 Å². The minimum atomic E-state index is 0.00417. The SMILES string of the molecule is C=CC1=C(C=C)C(=C/CCCC)/C(=C/C(=C\C)N(CC)c2ccccc2)C(=C/C)/C1=O. The Morgan fingerprint density at radius 3 is 2.16 bits per heavy atom. The molecule has 0 unspecified atom stereocenters. The van der Waals surface area contributed by atoms with Gasteiger partial charge in [0.1, 0.15) is 0 Å². The van der Waals surface area contributed by atoms with Gasteiger partial charge in [-0.3, -0.25) is 4.79 Å². The van der Waals surface area contributed by atoms with E-state index in [1.54, 1.807) is 12.2 Å². The third-order valence-electron chi connectivity index (χ3n) is 5.54. The van der Waals surface area contributed by atoms with Gasteiger partial charge >= 0.3 is 0 Å². The normalized spacial score (nSPS) is 18.8. The third-order valence-corrected chi connectivity index (χ3v) is 5.54. The number of hydrogen-bond acceptors (Lipinski definition) is 2. The van der Waals surface area contributed by atoms with E-state index in [2.05, 4.69) is 62.3 Å². The van der Waals surface area contributed by atoms with E-state index in [-0.39, 0.29) is 5.78 Å². The predicted molar refractivity (Wildman–Crippen MR) is 135 cm³/mol. The van der Waals surface area contributed by atoms with Crippen LogP contribution in [0.15, 0.2) is 114 Å². The number of hydrogen-bond donors (Lipinski definition) is 0.